The number of hydrogen-bond acceptors (Lipinski definition) is 1. The maximum absolute atomic E-state index is 3.54. The summed E-state index contributed by atoms with van der Waals surface area (Å²) in [5.74, 6) is 0.974. The molecule has 0 saturated heterocycles. The Balaban J connectivity index is 2.13. The lowest BCUT2D eigenvalue weighted by molar-refractivity contribution is 0.232. The quantitative estimate of drug-likeness (QED) is 0.635. The molecular weight excluding hydrogens is 122 g/mol. The van der Waals surface area contributed by atoms with Gasteiger partial charge in [-0.05, 0) is 25.7 Å². The van der Waals surface area contributed by atoms with Crippen LogP contribution in [0, 0.1) is 5.92 Å². The molecule has 0 aromatic carbocycles. The summed E-state index contributed by atoms with van der Waals surface area (Å²) in [6.45, 7) is 6.74. The van der Waals surface area contributed by atoms with E-state index in [0.717, 1.165) is 12.0 Å². The summed E-state index contributed by atoms with van der Waals surface area (Å²) >= 11 is 0. The van der Waals surface area contributed by atoms with E-state index >= 15 is 0 Å². The second-order valence-corrected chi connectivity index (χ2v) is 3.80. The minimum Gasteiger partial charge on any atom is -0.312 e. The largest absolute Gasteiger partial charge is 0.312 e. The molecule has 0 unspecified atom stereocenters. The summed E-state index contributed by atoms with van der Waals surface area (Å²) in [6.07, 6.45) is 4.34. The zero-order chi connectivity index (χ0) is 7.56. The van der Waals surface area contributed by atoms with E-state index in [9.17, 15) is 0 Å². The van der Waals surface area contributed by atoms with Crippen molar-refractivity contribution >= 4 is 0 Å². The molecule has 0 aliphatic heterocycles. The summed E-state index contributed by atoms with van der Waals surface area (Å²) in [7, 11) is 0. The van der Waals surface area contributed by atoms with Crippen molar-refractivity contribution in [3.8, 4) is 0 Å². The van der Waals surface area contributed by atoms with Gasteiger partial charge in [-0.25, -0.2) is 0 Å². The highest BCUT2D eigenvalue weighted by Crippen LogP contribution is 2.29. The first-order valence-electron chi connectivity index (χ1n) is 4.46. The van der Waals surface area contributed by atoms with Crippen LogP contribution in [0.15, 0.2) is 0 Å². The molecule has 1 N–H and O–H groups in total. The molecule has 1 heteroatoms. The summed E-state index contributed by atoms with van der Waals surface area (Å²) in [5.41, 5.74) is 0. The zero-order valence-electron chi connectivity index (χ0n) is 7.35. The SMILES string of the molecule is CC(C)N[C@@H](C)C1CCC1. The monoisotopic (exact) mass is 141 g/mol. The van der Waals surface area contributed by atoms with Gasteiger partial charge in [0, 0.05) is 12.1 Å². The zero-order valence-corrected chi connectivity index (χ0v) is 7.35. The smallest absolute Gasteiger partial charge is 0.00693 e. The van der Waals surface area contributed by atoms with E-state index < -0.39 is 0 Å². The fourth-order valence-corrected chi connectivity index (χ4v) is 1.60. The molecule has 1 rings (SSSR count). The van der Waals surface area contributed by atoms with E-state index in [-0.39, 0.29) is 0 Å². The fraction of sp³-hybridized carbons (Fsp3) is 1.00. The van der Waals surface area contributed by atoms with Gasteiger partial charge in [0.15, 0.2) is 0 Å². The van der Waals surface area contributed by atoms with E-state index in [1.54, 1.807) is 0 Å². The lowest BCUT2D eigenvalue weighted by atomic mass is 9.80. The Kier molecular flexibility index (Phi) is 2.72. The number of hydrogen-bond donors (Lipinski definition) is 1. The van der Waals surface area contributed by atoms with E-state index in [4.69, 9.17) is 0 Å². The highest BCUT2D eigenvalue weighted by Gasteiger charge is 2.23. The lowest BCUT2D eigenvalue weighted by Gasteiger charge is -2.33. The molecule has 0 heterocycles. The first-order valence-corrected chi connectivity index (χ1v) is 4.46. The second-order valence-electron chi connectivity index (χ2n) is 3.80. The third-order valence-corrected chi connectivity index (χ3v) is 2.45. The molecule has 0 radical (unpaired) electrons. The Hall–Kier alpha value is -0.0400. The Labute approximate surface area is 64.2 Å². The number of nitrogens with one attached hydrogen (secondary N) is 1. The minimum absolute atomic E-state index is 0.649. The summed E-state index contributed by atoms with van der Waals surface area (Å²) in [4.78, 5) is 0. The molecule has 10 heavy (non-hydrogen) atoms. The number of rotatable bonds is 3. The van der Waals surface area contributed by atoms with Crippen molar-refractivity contribution < 1.29 is 0 Å². The second kappa shape index (κ2) is 3.38. The van der Waals surface area contributed by atoms with Crippen molar-refractivity contribution in [3.05, 3.63) is 0 Å². The molecule has 1 fully saturated rings. The van der Waals surface area contributed by atoms with Crippen LogP contribution in [0.25, 0.3) is 0 Å². The van der Waals surface area contributed by atoms with Crippen molar-refractivity contribution in [1.29, 1.82) is 0 Å². The van der Waals surface area contributed by atoms with E-state index in [2.05, 4.69) is 26.1 Å². The average Bonchev–Trinajstić information content (AvgIpc) is 1.55. The molecule has 1 atom stereocenters. The van der Waals surface area contributed by atoms with Gasteiger partial charge in [0.1, 0.15) is 0 Å². The standard InChI is InChI=1S/C9H19N/c1-7(2)10-8(3)9-5-4-6-9/h7-10H,4-6H2,1-3H3/t8-/m0/s1. The van der Waals surface area contributed by atoms with Crippen LogP contribution in [-0.4, -0.2) is 12.1 Å². The van der Waals surface area contributed by atoms with Crippen molar-refractivity contribution in [1.82, 2.24) is 5.32 Å². The maximum Gasteiger partial charge on any atom is 0.00693 e. The Morgan fingerprint density at radius 2 is 1.80 bits per heavy atom. The van der Waals surface area contributed by atoms with Crippen LogP contribution in [0.3, 0.4) is 0 Å². The molecule has 1 nitrogen and oxygen atoms in total. The lowest BCUT2D eigenvalue weighted by Crippen LogP contribution is -2.40. The van der Waals surface area contributed by atoms with E-state index in [1.807, 2.05) is 0 Å². The first-order chi connectivity index (χ1) is 4.70. The molecule has 0 amide bonds. The highest BCUT2D eigenvalue weighted by molar-refractivity contribution is 4.80. The van der Waals surface area contributed by atoms with Crippen molar-refractivity contribution in [2.75, 3.05) is 0 Å². The minimum atomic E-state index is 0.649. The molecular formula is C9H19N. The predicted molar refractivity (Wildman–Crippen MR) is 45.1 cm³/mol. The van der Waals surface area contributed by atoms with E-state index in [0.29, 0.717) is 6.04 Å². The van der Waals surface area contributed by atoms with Gasteiger partial charge in [0.05, 0.1) is 0 Å². The van der Waals surface area contributed by atoms with Crippen molar-refractivity contribution in [2.24, 2.45) is 5.92 Å². The Bertz CT molecular complexity index is 94.9. The fourth-order valence-electron chi connectivity index (χ4n) is 1.60. The van der Waals surface area contributed by atoms with Gasteiger partial charge < -0.3 is 5.32 Å². The molecule has 0 aromatic heterocycles. The third-order valence-electron chi connectivity index (χ3n) is 2.45. The van der Waals surface area contributed by atoms with Gasteiger partial charge in [-0.2, -0.15) is 0 Å². The van der Waals surface area contributed by atoms with Crippen LogP contribution >= 0.6 is 0 Å². The van der Waals surface area contributed by atoms with Gasteiger partial charge in [-0.3, -0.25) is 0 Å². The molecule has 0 bridgehead atoms. The first kappa shape index (κ1) is 8.06. The van der Waals surface area contributed by atoms with Gasteiger partial charge in [0.25, 0.3) is 0 Å². The van der Waals surface area contributed by atoms with Crippen LogP contribution < -0.4 is 5.32 Å². The van der Waals surface area contributed by atoms with Gasteiger partial charge >= 0.3 is 0 Å². The predicted octanol–water partition coefficient (Wildman–Crippen LogP) is 2.17. The van der Waals surface area contributed by atoms with Gasteiger partial charge in [-0.1, -0.05) is 20.3 Å². The van der Waals surface area contributed by atoms with Gasteiger partial charge in [-0.15, -0.1) is 0 Å². The summed E-state index contributed by atoms with van der Waals surface area (Å²) in [6, 6.07) is 1.39. The summed E-state index contributed by atoms with van der Waals surface area (Å²) in [5, 5.41) is 3.54. The molecule has 0 spiro atoms. The van der Waals surface area contributed by atoms with Crippen LogP contribution in [0.2, 0.25) is 0 Å². The highest BCUT2D eigenvalue weighted by atomic mass is 14.9. The maximum atomic E-state index is 3.54. The van der Waals surface area contributed by atoms with Gasteiger partial charge in [0.2, 0.25) is 0 Å². The van der Waals surface area contributed by atoms with E-state index in [1.165, 1.54) is 19.3 Å². The van der Waals surface area contributed by atoms with Crippen molar-refractivity contribution in [3.63, 3.8) is 0 Å². The summed E-state index contributed by atoms with van der Waals surface area (Å²) < 4.78 is 0. The Morgan fingerprint density at radius 3 is 2.10 bits per heavy atom. The molecule has 1 aliphatic rings. The van der Waals surface area contributed by atoms with Crippen LogP contribution in [0.1, 0.15) is 40.0 Å². The molecule has 1 aliphatic carbocycles. The Morgan fingerprint density at radius 1 is 1.20 bits per heavy atom. The average molecular weight is 141 g/mol. The topological polar surface area (TPSA) is 12.0 Å². The van der Waals surface area contributed by atoms with Crippen molar-refractivity contribution in [2.45, 2.75) is 52.1 Å². The molecule has 0 aromatic rings. The van der Waals surface area contributed by atoms with Crippen LogP contribution in [0.4, 0.5) is 0 Å². The third kappa shape index (κ3) is 1.98. The van der Waals surface area contributed by atoms with Crippen LogP contribution in [-0.2, 0) is 0 Å². The molecule has 1 saturated carbocycles. The normalized spacial score (nSPS) is 22.8. The molecule has 60 valence electrons. The van der Waals surface area contributed by atoms with Crippen LogP contribution in [0.5, 0.6) is 0 Å².